The molecule has 0 aliphatic heterocycles. The lowest BCUT2D eigenvalue weighted by molar-refractivity contribution is -0.135. The van der Waals surface area contributed by atoms with E-state index in [1.54, 1.807) is 0 Å². The number of ether oxygens (including phenoxy) is 1. The molecule has 0 saturated carbocycles. The van der Waals surface area contributed by atoms with Gasteiger partial charge in [0, 0.05) is 11.8 Å². The molecule has 0 bridgehead atoms. The van der Waals surface area contributed by atoms with E-state index in [-0.39, 0.29) is 6.42 Å². The van der Waals surface area contributed by atoms with Crippen LogP contribution in [0.2, 0.25) is 0 Å². The average molecular weight is 389 g/mol. The van der Waals surface area contributed by atoms with Gasteiger partial charge in [0.05, 0.1) is 0 Å². The van der Waals surface area contributed by atoms with Crippen molar-refractivity contribution in [1.82, 2.24) is 0 Å². The maximum atomic E-state index is 13.3. The van der Waals surface area contributed by atoms with Crippen molar-refractivity contribution in [3.63, 3.8) is 0 Å². The number of carbonyl (C=O) groups excluding carboxylic acids is 1. The summed E-state index contributed by atoms with van der Waals surface area (Å²) in [5.74, 6) is -13.5. The molecular formula is C14H14BrF5O2. The van der Waals surface area contributed by atoms with E-state index in [0.717, 1.165) is 24.6 Å². The number of esters is 1. The lowest BCUT2D eigenvalue weighted by atomic mass is 10.1. The molecule has 1 aromatic carbocycles. The summed E-state index contributed by atoms with van der Waals surface area (Å²) in [6, 6.07) is 0. The molecule has 0 aliphatic carbocycles. The summed E-state index contributed by atoms with van der Waals surface area (Å²) in [7, 11) is 0. The third-order valence-electron chi connectivity index (χ3n) is 2.90. The molecule has 0 amide bonds. The van der Waals surface area contributed by atoms with Crippen LogP contribution < -0.4 is 4.74 Å². The van der Waals surface area contributed by atoms with Gasteiger partial charge in [-0.15, -0.1) is 0 Å². The van der Waals surface area contributed by atoms with Crippen molar-refractivity contribution in [2.24, 2.45) is 0 Å². The van der Waals surface area contributed by atoms with Crippen LogP contribution in [0.5, 0.6) is 5.75 Å². The number of hydrogen-bond donors (Lipinski definition) is 0. The van der Waals surface area contributed by atoms with Crippen LogP contribution >= 0.6 is 15.9 Å². The van der Waals surface area contributed by atoms with Crippen LogP contribution in [-0.4, -0.2) is 11.3 Å². The summed E-state index contributed by atoms with van der Waals surface area (Å²) in [4.78, 5) is 11.4. The highest BCUT2D eigenvalue weighted by molar-refractivity contribution is 9.09. The zero-order valence-electron chi connectivity index (χ0n) is 11.5. The van der Waals surface area contributed by atoms with Crippen molar-refractivity contribution >= 4 is 21.9 Å². The van der Waals surface area contributed by atoms with Gasteiger partial charge in [-0.2, -0.15) is 8.78 Å². The number of hydrogen-bond acceptors (Lipinski definition) is 2. The topological polar surface area (TPSA) is 26.3 Å². The Morgan fingerprint density at radius 3 is 1.77 bits per heavy atom. The first-order chi connectivity index (χ1) is 10.4. The quantitative estimate of drug-likeness (QED) is 0.119. The minimum atomic E-state index is -2.29. The Kier molecular flexibility index (Phi) is 7.78. The summed E-state index contributed by atoms with van der Waals surface area (Å²) >= 11 is 3.28. The van der Waals surface area contributed by atoms with Crippen LogP contribution in [0.25, 0.3) is 0 Å². The van der Waals surface area contributed by atoms with Crippen molar-refractivity contribution in [1.29, 1.82) is 0 Å². The minimum Gasteiger partial charge on any atom is -0.420 e. The molecule has 1 aromatic rings. The molecular weight excluding hydrogens is 375 g/mol. The number of unbranched alkanes of at least 4 members (excludes halogenated alkanes) is 4. The van der Waals surface area contributed by atoms with Gasteiger partial charge >= 0.3 is 5.97 Å². The molecule has 1 rings (SSSR count). The predicted octanol–water partition coefficient (Wildman–Crippen LogP) is 5.02. The van der Waals surface area contributed by atoms with Crippen LogP contribution in [0.1, 0.15) is 38.5 Å². The maximum Gasteiger partial charge on any atom is 0.311 e. The highest BCUT2D eigenvalue weighted by Crippen LogP contribution is 2.29. The van der Waals surface area contributed by atoms with Crippen LogP contribution in [0.4, 0.5) is 22.0 Å². The zero-order chi connectivity index (χ0) is 16.7. The van der Waals surface area contributed by atoms with Crippen molar-refractivity contribution in [2.75, 3.05) is 5.33 Å². The second-order valence-electron chi connectivity index (χ2n) is 4.58. The first-order valence-electron chi connectivity index (χ1n) is 6.68. The van der Waals surface area contributed by atoms with Gasteiger partial charge < -0.3 is 4.74 Å². The molecule has 0 spiro atoms. The molecule has 0 saturated heterocycles. The van der Waals surface area contributed by atoms with E-state index in [0.29, 0.717) is 12.8 Å². The van der Waals surface area contributed by atoms with E-state index < -0.39 is 40.8 Å². The predicted molar refractivity (Wildman–Crippen MR) is 73.4 cm³/mol. The van der Waals surface area contributed by atoms with Crippen LogP contribution in [0.3, 0.4) is 0 Å². The Bertz CT molecular complexity index is 507. The molecule has 8 heteroatoms. The van der Waals surface area contributed by atoms with E-state index in [4.69, 9.17) is 0 Å². The summed E-state index contributed by atoms with van der Waals surface area (Å²) in [6.07, 6.45) is 3.80. The second kappa shape index (κ2) is 9.07. The summed E-state index contributed by atoms with van der Waals surface area (Å²) in [6.45, 7) is 0. The highest BCUT2D eigenvalue weighted by atomic mass is 79.9. The molecule has 0 aromatic heterocycles. The molecule has 0 aliphatic rings. The first-order valence-corrected chi connectivity index (χ1v) is 7.80. The molecule has 0 fully saturated rings. The molecule has 124 valence electrons. The Hall–Kier alpha value is -1.18. The molecule has 0 unspecified atom stereocenters. The average Bonchev–Trinajstić information content (AvgIpc) is 2.51. The number of alkyl halides is 1. The number of rotatable bonds is 8. The normalized spacial score (nSPS) is 10.8. The first kappa shape index (κ1) is 18.9. The molecule has 2 nitrogen and oxygen atoms in total. The van der Waals surface area contributed by atoms with Gasteiger partial charge in [-0.1, -0.05) is 35.2 Å². The third kappa shape index (κ3) is 4.93. The Morgan fingerprint density at radius 1 is 0.773 bits per heavy atom. The lowest BCUT2D eigenvalue weighted by Gasteiger charge is -2.08. The van der Waals surface area contributed by atoms with Gasteiger partial charge in [0.15, 0.2) is 0 Å². The fraction of sp³-hybridized carbons (Fsp3) is 0.500. The van der Waals surface area contributed by atoms with Gasteiger partial charge in [0.25, 0.3) is 0 Å². The molecule has 0 N–H and O–H groups in total. The van der Waals surface area contributed by atoms with Crippen LogP contribution in [-0.2, 0) is 4.79 Å². The molecule has 0 heterocycles. The summed E-state index contributed by atoms with van der Waals surface area (Å²) < 4.78 is 69.5. The fourth-order valence-corrected chi connectivity index (χ4v) is 2.13. The van der Waals surface area contributed by atoms with E-state index in [1.165, 1.54) is 0 Å². The second-order valence-corrected chi connectivity index (χ2v) is 5.37. The van der Waals surface area contributed by atoms with E-state index in [1.807, 2.05) is 0 Å². The van der Waals surface area contributed by atoms with Gasteiger partial charge in [-0.3, -0.25) is 4.79 Å². The minimum absolute atomic E-state index is 0.159. The van der Waals surface area contributed by atoms with Crippen molar-refractivity contribution in [3.8, 4) is 5.75 Å². The van der Waals surface area contributed by atoms with Gasteiger partial charge in [0.2, 0.25) is 34.8 Å². The van der Waals surface area contributed by atoms with Crippen molar-refractivity contribution < 1.29 is 31.5 Å². The van der Waals surface area contributed by atoms with Crippen LogP contribution in [0, 0.1) is 29.1 Å². The largest absolute Gasteiger partial charge is 0.420 e. The number of halogens is 6. The lowest BCUT2D eigenvalue weighted by Crippen LogP contribution is -2.13. The Balaban J connectivity index is 2.58. The van der Waals surface area contributed by atoms with Crippen molar-refractivity contribution in [2.45, 2.75) is 38.5 Å². The van der Waals surface area contributed by atoms with Crippen molar-refractivity contribution in [3.05, 3.63) is 29.1 Å². The SMILES string of the molecule is O=C(CCCCCCCBr)Oc1c(F)c(F)c(F)c(F)c1F. The maximum absolute atomic E-state index is 13.3. The van der Waals surface area contributed by atoms with Gasteiger partial charge in [-0.25, -0.2) is 13.2 Å². The molecule has 22 heavy (non-hydrogen) atoms. The third-order valence-corrected chi connectivity index (χ3v) is 3.46. The van der Waals surface area contributed by atoms with E-state index in [2.05, 4.69) is 20.7 Å². The van der Waals surface area contributed by atoms with Gasteiger partial charge in [-0.05, 0) is 12.8 Å². The van der Waals surface area contributed by atoms with E-state index >= 15 is 0 Å². The molecule has 0 atom stereocenters. The van der Waals surface area contributed by atoms with Gasteiger partial charge in [0.1, 0.15) is 0 Å². The van der Waals surface area contributed by atoms with E-state index in [9.17, 15) is 26.7 Å². The number of carbonyl (C=O) groups is 1. The monoisotopic (exact) mass is 388 g/mol. The standard InChI is InChI=1S/C14H14BrF5O2/c15-7-5-3-1-2-4-6-8(21)22-14-12(19)10(17)9(16)11(18)13(14)20/h1-7H2. The summed E-state index contributed by atoms with van der Waals surface area (Å²) in [5.41, 5.74) is 0. The Morgan fingerprint density at radius 2 is 1.23 bits per heavy atom. The smallest absolute Gasteiger partial charge is 0.311 e. The molecule has 0 radical (unpaired) electrons. The number of benzene rings is 1. The highest BCUT2D eigenvalue weighted by Gasteiger charge is 2.28. The summed E-state index contributed by atoms with van der Waals surface area (Å²) in [5, 5.41) is 0.884. The zero-order valence-corrected chi connectivity index (χ0v) is 13.1. The Labute approximate surface area is 132 Å². The fourth-order valence-electron chi connectivity index (χ4n) is 1.73. The van der Waals surface area contributed by atoms with Crippen LogP contribution in [0.15, 0.2) is 0 Å².